The van der Waals surface area contributed by atoms with Gasteiger partial charge in [0.15, 0.2) is 5.78 Å². The van der Waals surface area contributed by atoms with E-state index in [1.54, 1.807) is 36.4 Å². The Bertz CT molecular complexity index is 1180. The normalized spacial score (nSPS) is 26.8. The van der Waals surface area contributed by atoms with E-state index in [-0.39, 0.29) is 23.6 Å². The number of likely N-dealkylation sites (tertiary alicyclic amines) is 1. The van der Waals surface area contributed by atoms with E-state index < -0.39 is 29.7 Å². The van der Waals surface area contributed by atoms with Gasteiger partial charge in [-0.25, -0.2) is 4.39 Å². The molecule has 0 N–H and O–H groups in total. The second-order valence-electron chi connectivity index (χ2n) is 8.60. The molecule has 0 spiro atoms. The van der Waals surface area contributed by atoms with Crippen molar-refractivity contribution < 1.29 is 18.8 Å². The standard InChI is InChI=1S/C25H22ClFN2O3/c1-3-13(2)28-24(31)20-19-10-8-14-12-15(27)9-11-18(14)29(19)22(21(20)25(28)32)23(30)16-6-4-5-7-17(16)26/h4-13,19-22H,3H2,1-2H3/t13-,19+,20-,21-,22+/m0/s1. The highest BCUT2D eigenvalue weighted by atomic mass is 35.5. The van der Waals surface area contributed by atoms with Crippen molar-refractivity contribution in [2.45, 2.75) is 38.4 Å². The first-order chi connectivity index (χ1) is 15.3. The molecule has 0 aliphatic carbocycles. The number of benzene rings is 2. The molecule has 2 saturated heterocycles. The molecule has 164 valence electrons. The molecular weight excluding hydrogens is 431 g/mol. The Balaban J connectivity index is 1.68. The van der Waals surface area contributed by atoms with Crippen LogP contribution in [0.5, 0.6) is 0 Å². The minimum atomic E-state index is -0.912. The molecule has 0 saturated carbocycles. The quantitative estimate of drug-likeness (QED) is 0.511. The van der Waals surface area contributed by atoms with Crippen LogP contribution >= 0.6 is 11.6 Å². The van der Waals surface area contributed by atoms with Gasteiger partial charge in [-0.05, 0) is 43.7 Å². The Morgan fingerprint density at radius 2 is 1.84 bits per heavy atom. The number of ketones is 1. The number of rotatable bonds is 4. The van der Waals surface area contributed by atoms with E-state index in [0.717, 1.165) is 0 Å². The van der Waals surface area contributed by atoms with Gasteiger partial charge in [-0.3, -0.25) is 19.3 Å². The minimum Gasteiger partial charge on any atom is -0.352 e. The zero-order chi connectivity index (χ0) is 22.7. The van der Waals surface area contributed by atoms with Gasteiger partial charge in [0.1, 0.15) is 11.9 Å². The lowest BCUT2D eigenvalue weighted by molar-refractivity contribution is -0.142. The first kappa shape index (κ1) is 20.9. The molecule has 32 heavy (non-hydrogen) atoms. The highest BCUT2D eigenvalue weighted by Gasteiger charge is 2.64. The van der Waals surface area contributed by atoms with Crippen molar-refractivity contribution in [3.63, 3.8) is 0 Å². The number of carbonyl (C=O) groups excluding carboxylic acids is 3. The van der Waals surface area contributed by atoms with Crippen molar-refractivity contribution in [2.75, 3.05) is 4.90 Å². The molecule has 7 heteroatoms. The molecule has 2 aromatic carbocycles. The van der Waals surface area contributed by atoms with Gasteiger partial charge in [-0.15, -0.1) is 0 Å². The second-order valence-corrected chi connectivity index (χ2v) is 9.01. The maximum atomic E-state index is 13.9. The molecule has 0 radical (unpaired) electrons. The molecule has 3 aliphatic heterocycles. The van der Waals surface area contributed by atoms with Crippen molar-refractivity contribution in [1.29, 1.82) is 0 Å². The molecule has 3 aliphatic rings. The minimum absolute atomic E-state index is 0.251. The molecule has 5 rings (SSSR count). The summed E-state index contributed by atoms with van der Waals surface area (Å²) in [5.41, 5.74) is 1.55. The molecule has 0 unspecified atom stereocenters. The van der Waals surface area contributed by atoms with Gasteiger partial charge >= 0.3 is 0 Å². The van der Waals surface area contributed by atoms with E-state index >= 15 is 0 Å². The van der Waals surface area contributed by atoms with Crippen molar-refractivity contribution >= 4 is 41.0 Å². The van der Waals surface area contributed by atoms with Crippen LogP contribution in [0.15, 0.2) is 48.5 Å². The highest BCUT2D eigenvalue weighted by Crippen LogP contribution is 2.49. The lowest BCUT2D eigenvalue weighted by Crippen LogP contribution is -2.50. The van der Waals surface area contributed by atoms with Gasteiger partial charge in [-0.1, -0.05) is 42.8 Å². The third-order valence-electron chi connectivity index (χ3n) is 6.94. The number of imide groups is 1. The van der Waals surface area contributed by atoms with Crippen LogP contribution in [0.1, 0.15) is 36.2 Å². The molecule has 5 atom stereocenters. The molecule has 2 fully saturated rings. The van der Waals surface area contributed by atoms with E-state index in [1.165, 1.54) is 17.0 Å². The molecule has 3 heterocycles. The summed E-state index contributed by atoms with van der Waals surface area (Å²) in [6.07, 6.45) is 4.21. The first-order valence-corrected chi connectivity index (χ1v) is 11.1. The molecule has 5 nitrogen and oxygen atoms in total. The Morgan fingerprint density at radius 3 is 2.56 bits per heavy atom. The number of fused-ring (bicyclic) bond motifs is 5. The van der Waals surface area contributed by atoms with E-state index in [2.05, 4.69) is 0 Å². The zero-order valence-electron chi connectivity index (χ0n) is 17.7. The summed E-state index contributed by atoms with van der Waals surface area (Å²) in [5.74, 6) is -2.80. The summed E-state index contributed by atoms with van der Waals surface area (Å²) in [5, 5.41) is 0.292. The van der Waals surface area contributed by atoms with E-state index in [1.807, 2.05) is 24.8 Å². The van der Waals surface area contributed by atoms with Gasteiger partial charge in [0.25, 0.3) is 0 Å². The van der Waals surface area contributed by atoms with Crippen LogP contribution in [0.4, 0.5) is 10.1 Å². The van der Waals surface area contributed by atoms with Gasteiger partial charge in [0, 0.05) is 22.9 Å². The lowest BCUT2D eigenvalue weighted by Gasteiger charge is -2.37. The highest BCUT2D eigenvalue weighted by molar-refractivity contribution is 6.34. The van der Waals surface area contributed by atoms with Crippen molar-refractivity contribution in [1.82, 2.24) is 4.90 Å². The van der Waals surface area contributed by atoms with Gasteiger partial charge < -0.3 is 4.90 Å². The van der Waals surface area contributed by atoms with Gasteiger partial charge in [0.05, 0.1) is 22.9 Å². The van der Waals surface area contributed by atoms with Crippen LogP contribution in [-0.4, -0.2) is 40.6 Å². The Labute approximate surface area is 190 Å². The number of Topliss-reactive ketones (excluding diaryl/α,β-unsaturated/α-hetero) is 1. The average molecular weight is 453 g/mol. The van der Waals surface area contributed by atoms with Crippen molar-refractivity contribution in [3.8, 4) is 0 Å². The summed E-state index contributed by atoms with van der Waals surface area (Å²) < 4.78 is 13.9. The molecular formula is C25H22ClFN2O3. The van der Waals surface area contributed by atoms with E-state index in [4.69, 9.17) is 11.6 Å². The second kappa shape index (κ2) is 7.55. The predicted molar refractivity (Wildman–Crippen MR) is 120 cm³/mol. The molecule has 0 bridgehead atoms. The maximum Gasteiger partial charge on any atom is 0.236 e. The maximum absolute atomic E-state index is 13.9. The summed E-state index contributed by atoms with van der Waals surface area (Å²) in [6, 6.07) is 9.40. The number of nitrogens with zero attached hydrogens (tertiary/aromatic N) is 2. The van der Waals surface area contributed by atoms with Crippen LogP contribution in [0.25, 0.3) is 6.08 Å². The van der Waals surface area contributed by atoms with Gasteiger partial charge in [0.2, 0.25) is 11.8 Å². The average Bonchev–Trinajstić information content (AvgIpc) is 3.26. The number of hydrogen-bond acceptors (Lipinski definition) is 4. The third-order valence-corrected chi connectivity index (χ3v) is 7.27. The van der Waals surface area contributed by atoms with Crippen LogP contribution in [0.2, 0.25) is 5.02 Å². The Morgan fingerprint density at radius 1 is 1.12 bits per heavy atom. The predicted octanol–water partition coefficient (Wildman–Crippen LogP) is 4.35. The van der Waals surface area contributed by atoms with Crippen LogP contribution < -0.4 is 4.90 Å². The van der Waals surface area contributed by atoms with Crippen LogP contribution in [0, 0.1) is 17.7 Å². The van der Waals surface area contributed by atoms with Gasteiger partial charge in [-0.2, -0.15) is 0 Å². The fourth-order valence-corrected chi connectivity index (χ4v) is 5.53. The molecule has 2 aromatic rings. The smallest absolute Gasteiger partial charge is 0.236 e. The number of halogens is 2. The largest absolute Gasteiger partial charge is 0.352 e. The fourth-order valence-electron chi connectivity index (χ4n) is 5.30. The SMILES string of the molecule is CC[C@H](C)N1C(=O)[C@@H]2[C@H](C1=O)[C@H](C(=O)c1ccccc1Cl)N1c3ccc(F)cc3C=C[C@H]21. The number of amides is 2. The summed E-state index contributed by atoms with van der Waals surface area (Å²) >= 11 is 6.34. The topological polar surface area (TPSA) is 57.7 Å². The van der Waals surface area contributed by atoms with Crippen LogP contribution in [-0.2, 0) is 9.59 Å². The lowest BCUT2D eigenvalue weighted by atomic mass is 9.86. The summed E-state index contributed by atoms with van der Waals surface area (Å²) in [6.45, 7) is 3.76. The van der Waals surface area contributed by atoms with E-state index in [9.17, 15) is 18.8 Å². The number of carbonyl (C=O) groups is 3. The van der Waals surface area contributed by atoms with E-state index in [0.29, 0.717) is 28.3 Å². The summed E-state index contributed by atoms with van der Waals surface area (Å²) in [7, 11) is 0. The Kier molecular flexibility index (Phi) is 4.93. The summed E-state index contributed by atoms with van der Waals surface area (Å²) in [4.78, 5) is 44.0. The molecule has 2 amide bonds. The monoisotopic (exact) mass is 452 g/mol. The zero-order valence-corrected chi connectivity index (χ0v) is 18.4. The third kappa shape index (κ3) is 2.85. The van der Waals surface area contributed by atoms with Crippen molar-refractivity contribution in [3.05, 3.63) is 70.5 Å². The van der Waals surface area contributed by atoms with Crippen molar-refractivity contribution in [2.24, 2.45) is 11.8 Å². The fraction of sp³-hybridized carbons (Fsp3) is 0.320. The first-order valence-electron chi connectivity index (χ1n) is 10.8. The number of anilines is 1. The Hall–Kier alpha value is -2.99. The molecule has 0 aromatic heterocycles. The van der Waals surface area contributed by atoms with Crippen LogP contribution in [0.3, 0.4) is 0 Å². The number of hydrogen-bond donors (Lipinski definition) is 0.